The first-order chi connectivity index (χ1) is 9.56. The fourth-order valence-electron chi connectivity index (χ4n) is 2.19. The largest absolute Gasteiger partial charge is 0.381 e. The van der Waals surface area contributed by atoms with Crippen molar-refractivity contribution in [1.29, 1.82) is 0 Å². The van der Waals surface area contributed by atoms with Crippen LogP contribution in [0.3, 0.4) is 0 Å². The average molecular weight is 271 g/mol. The Hall–Kier alpha value is -2.70. The van der Waals surface area contributed by atoms with Crippen molar-refractivity contribution >= 4 is 34.5 Å². The number of carbonyl (C=O) groups excluding carboxylic acids is 2. The van der Waals surface area contributed by atoms with Crippen molar-refractivity contribution in [2.75, 3.05) is 17.2 Å². The fourth-order valence-corrected chi connectivity index (χ4v) is 2.19. The molecule has 1 atom stereocenters. The standard InChI is InChI=1S/C13H13N5O2/c1-7-13(20)17-10(19)6-18(7)12-11(14)15-8-4-2-3-5-9(8)16-12/h2-5,7H,6H2,1H3,(H2,14,15)(H,17,19,20). The van der Waals surface area contributed by atoms with E-state index in [1.54, 1.807) is 17.9 Å². The van der Waals surface area contributed by atoms with E-state index < -0.39 is 6.04 Å². The first kappa shape index (κ1) is 12.3. The summed E-state index contributed by atoms with van der Waals surface area (Å²) in [7, 11) is 0. The van der Waals surface area contributed by atoms with Crippen molar-refractivity contribution in [2.24, 2.45) is 0 Å². The van der Waals surface area contributed by atoms with E-state index in [-0.39, 0.29) is 24.2 Å². The van der Waals surface area contributed by atoms with Crippen LogP contribution in [0.1, 0.15) is 6.92 Å². The van der Waals surface area contributed by atoms with Gasteiger partial charge in [-0.05, 0) is 19.1 Å². The normalized spacial score (nSPS) is 19.2. The summed E-state index contributed by atoms with van der Waals surface area (Å²) in [6.45, 7) is 1.72. The van der Waals surface area contributed by atoms with E-state index in [1.807, 2.05) is 18.2 Å². The lowest BCUT2D eigenvalue weighted by Gasteiger charge is -2.32. The molecular weight excluding hydrogens is 258 g/mol. The molecule has 1 aromatic heterocycles. The Bertz CT molecular complexity index is 715. The van der Waals surface area contributed by atoms with Gasteiger partial charge in [-0.15, -0.1) is 0 Å². The number of nitrogens with one attached hydrogen (secondary N) is 1. The van der Waals surface area contributed by atoms with Crippen molar-refractivity contribution < 1.29 is 9.59 Å². The number of carbonyl (C=O) groups is 2. The highest BCUT2D eigenvalue weighted by atomic mass is 16.2. The van der Waals surface area contributed by atoms with Crippen molar-refractivity contribution in [3.05, 3.63) is 24.3 Å². The molecule has 2 amide bonds. The van der Waals surface area contributed by atoms with E-state index in [2.05, 4.69) is 15.3 Å². The third-order valence-corrected chi connectivity index (χ3v) is 3.27. The topological polar surface area (TPSA) is 101 Å². The molecule has 7 heteroatoms. The summed E-state index contributed by atoms with van der Waals surface area (Å²) < 4.78 is 0. The maximum absolute atomic E-state index is 11.7. The second kappa shape index (κ2) is 4.44. The number of hydrogen-bond acceptors (Lipinski definition) is 6. The number of para-hydroxylation sites is 2. The maximum Gasteiger partial charge on any atom is 0.249 e. The van der Waals surface area contributed by atoms with E-state index in [4.69, 9.17) is 5.73 Å². The molecule has 3 N–H and O–H groups in total. The molecule has 20 heavy (non-hydrogen) atoms. The third kappa shape index (κ3) is 1.93. The van der Waals surface area contributed by atoms with Gasteiger partial charge in [0.1, 0.15) is 6.04 Å². The quantitative estimate of drug-likeness (QED) is 0.711. The van der Waals surface area contributed by atoms with Gasteiger partial charge in [-0.2, -0.15) is 0 Å². The van der Waals surface area contributed by atoms with Crippen molar-refractivity contribution in [3.8, 4) is 0 Å². The summed E-state index contributed by atoms with van der Waals surface area (Å²) in [6, 6.07) is 6.78. The number of anilines is 2. The molecule has 3 rings (SSSR count). The molecular formula is C13H13N5O2. The van der Waals surface area contributed by atoms with Crippen LogP contribution in [0.4, 0.5) is 11.6 Å². The van der Waals surface area contributed by atoms with Gasteiger partial charge < -0.3 is 10.6 Å². The Morgan fingerprint density at radius 2 is 1.90 bits per heavy atom. The number of amides is 2. The third-order valence-electron chi connectivity index (χ3n) is 3.27. The zero-order chi connectivity index (χ0) is 14.3. The predicted octanol–water partition coefficient (Wildman–Crippen LogP) is 0.0633. The second-order valence-corrected chi connectivity index (χ2v) is 4.64. The minimum Gasteiger partial charge on any atom is -0.381 e. The molecule has 102 valence electrons. The van der Waals surface area contributed by atoms with Crippen LogP contribution in [0.5, 0.6) is 0 Å². The van der Waals surface area contributed by atoms with Crippen LogP contribution in [0.2, 0.25) is 0 Å². The number of nitrogens with two attached hydrogens (primary N) is 1. The van der Waals surface area contributed by atoms with E-state index in [0.29, 0.717) is 16.9 Å². The molecule has 7 nitrogen and oxygen atoms in total. The molecule has 1 unspecified atom stereocenters. The van der Waals surface area contributed by atoms with Gasteiger partial charge >= 0.3 is 0 Å². The van der Waals surface area contributed by atoms with Gasteiger partial charge in [-0.25, -0.2) is 9.97 Å². The lowest BCUT2D eigenvalue weighted by Crippen LogP contribution is -2.57. The van der Waals surface area contributed by atoms with Crippen molar-refractivity contribution in [2.45, 2.75) is 13.0 Å². The highest BCUT2D eigenvalue weighted by Crippen LogP contribution is 2.25. The average Bonchev–Trinajstić information content (AvgIpc) is 2.42. The summed E-state index contributed by atoms with van der Waals surface area (Å²) in [6.07, 6.45) is 0. The number of hydrogen-bond donors (Lipinski definition) is 2. The zero-order valence-electron chi connectivity index (χ0n) is 10.8. The zero-order valence-corrected chi connectivity index (χ0v) is 10.8. The van der Waals surface area contributed by atoms with Gasteiger partial charge in [0.25, 0.3) is 0 Å². The van der Waals surface area contributed by atoms with Crippen LogP contribution >= 0.6 is 0 Å². The van der Waals surface area contributed by atoms with Crippen LogP contribution in [0, 0.1) is 0 Å². The summed E-state index contributed by atoms with van der Waals surface area (Å²) in [5.74, 6) is -0.171. The first-order valence-corrected chi connectivity index (χ1v) is 6.19. The minimum atomic E-state index is -0.523. The molecule has 1 aromatic carbocycles. The van der Waals surface area contributed by atoms with Crippen molar-refractivity contribution in [3.63, 3.8) is 0 Å². The lowest BCUT2D eigenvalue weighted by molar-refractivity contribution is -0.132. The number of imide groups is 1. The molecule has 2 aromatic rings. The minimum absolute atomic E-state index is 0.0319. The Labute approximate surface area is 114 Å². The molecule has 0 bridgehead atoms. The molecule has 0 radical (unpaired) electrons. The smallest absolute Gasteiger partial charge is 0.249 e. The Balaban J connectivity index is 2.10. The van der Waals surface area contributed by atoms with Crippen LogP contribution in [0.15, 0.2) is 24.3 Å². The SMILES string of the molecule is CC1C(=O)NC(=O)CN1c1nc2ccccc2nc1N. The lowest BCUT2D eigenvalue weighted by atomic mass is 10.2. The van der Waals surface area contributed by atoms with Crippen molar-refractivity contribution in [1.82, 2.24) is 15.3 Å². The van der Waals surface area contributed by atoms with Gasteiger partial charge in [-0.1, -0.05) is 12.1 Å². The number of aromatic nitrogens is 2. The molecule has 0 spiro atoms. The van der Waals surface area contributed by atoms with E-state index in [0.717, 1.165) is 0 Å². The summed E-state index contributed by atoms with van der Waals surface area (Å²) in [5, 5.41) is 2.28. The van der Waals surface area contributed by atoms with Gasteiger partial charge in [0, 0.05) is 0 Å². The number of nitrogen functional groups attached to an aromatic ring is 1. The molecule has 1 aliphatic rings. The van der Waals surface area contributed by atoms with Crippen LogP contribution in [0.25, 0.3) is 11.0 Å². The van der Waals surface area contributed by atoms with Crippen LogP contribution < -0.4 is 16.0 Å². The number of benzene rings is 1. The molecule has 0 saturated carbocycles. The van der Waals surface area contributed by atoms with Gasteiger partial charge in [0.05, 0.1) is 17.6 Å². The molecule has 1 aliphatic heterocycles. The Morgan fingerprint density at radius 3 is 2.60 bits per heavy atom. The summed E-state index contributed by atoms with van der Waals surface area (Å²) in [4.78, 5) is 33.5. The molecule has 0 aliphatic carbocycles. The molecule has 2 heterocycles. The second-order valence-electron chi connectivity index (χ2n) is 4.64. The Morgan fingerprint density at radius 1 is 1.25 bits per heavy atom. The molecule has 1 fully saturated rings. The van der Waals surface area contributed by atoms with E-state index in [1.165, 1.54) is 0 Å². The van der Waals surface area contributed by atoms with E-state index >= 15 is 0 Å². The van der Waals surface area contributed by atoms with Gasteiger partial charge in [0.2, 0.25) is 11.8 Å². The highest BCUT2D eigenvalue weighted by molar-refractivity contribution is 6.04. The highest BCUT2D eigenvalue weighted by Gasteiger charge is 2.32. The number of rotatable bonds is 1. The maximum atomic E-state index is 11.7. The van der Waals surface area contributed by atoms with Gasteiger partial charge in [-0.3, -0.25) is 14.9 Å². The monoisotopic (exact) mass is 271 g/mol. The Kier molecular flexibility index (Phi) is 2.74. The van der Waals surface area contributed by atoms with Crippen LogP contribution in [-0.2, 0) is 9.59 Å². The number of nitrogens with zero attached hydrogens (tertiary/aromatic N) is 3. The van der Waals surface area contributed by atoms with Gasteiger partial charge in [0.15, 0.2) is 11.6 Å². The summed E-state index contributed by atoms with van der Waals surface area (Å²) >= 11 is 0. The van der Waals surface area contributed by atoms with Crippen LogP contribution in [-0.4, -0.2) is 34.4 Å². The first-order valence-electron chi connectivity index (χ1n) is 6.19. The summed E-state index contributed by atoms with van der Waals surface area (Å²) in [5.41, 5.74) is 7.26. The van der Waals surface area contributed by atoms with E-state index in [9.17, 15) is 9.59 Å². The predicted molar refractivity (Wildman–Crippen MR) is 73.9 cm³/mol. The molecule has 1 saturated heterocycles. The fraction of sp³-hybridized carbons (Fsp3) is 0.231. The number of piperazine rings is 1. The number of fused-ring (bicyclic) bond motifs is 1.